The van der Waals surface area contributed by atoms with Crippen LogP contribution in [0.25, 0.3) is 0 Å². The van der Waals surface area contributed by atoms with Crippen LogP contribution in [-0.2, 0) is 9.59 Å². The van der Waals surface area contributed by atoms with E-state index in [4.69, 9.17) is 10.8 Å². The van der Waals surface area contributed by atoms with Crippen molar-refractivity contribution in [2.45, 2.75) is 25.3 Å². The van der Waals surface area contributed by atoms with Crippen molar-refractivity contribution in [2.24, 2.45) is 11.7 Å². The normalized spacial score (nSPS) is 25.0. The highest BCUT2D eigenvalue weighted by molar-refractivity contribution is 5.81. The lowest BCUT2D eigenvalue weighted by atomic mass is 9.92. The Morgan fingerprint density at radius 3 is 3.00 bits per heavy atom. The van der Waals surface area contributed by atoms with Gasteiger partial charge in [-0.05, 0) is 19.3 Å². The Bertz CT molecular complexity index is 217. The fraction of sp³-hybridized carbons (Fsp3) is 0.750. The van der Waals surface area contributed by atoms with Gasteiger partial charge >= 0.3 is 5.97 Å². The van der Waals surface area contributed by atoms with Crippen LogP contribution in [0, 0.1) is 5.92 Å². The minimum atomic E-state index is -1.04. The topological polar surface area (TPSA) is 92.4 Å². The molecule has 1 aliphatic rings. The predicted octanol–water partition coefficient (Wildman–Crippen LogP) is -0.685. The maximum Gasteiger partial charge on any atom is 0.320 e. The molecule has 1 fully saturated rings. The van der Waals surface area contributed by atoms with Gasteiger partial charge in [-0.2, -0.15) is 0 Å². The second-order valence-corrected chi connectivity index (χ2v) is 3.31. The SMILES string of the molecule is NC(C[C@@H]1CCCNC1=O)C(=O)O. The first-order valence-electron chi connectivity index (χ1n) is 4.37. The molecule has 1 unspecified atom stereocenters. The first-order valence-corrected chi connectivity index (χ1v) is 4.37. The molecule has 2 atom stereocenters. The van der Waals surface area contributed by atoms with Crippen molar-refractivity contribution in [3.05, 3.63) is 0 Å². The Kier molecular flexibility index (Phi) is 3.25. The Morgan fingerprint density at radius 2 is 2.46 bits per heavy atom. The highest BCUT2D eigenvalue weighted by Crippen LogP contribution is 2.16. The van der Waals surface area contributed by atoms with Gasteiger partial charge in [-0.15, -0.1) is 0 Å². The highest BCUT2D eigenvalue weighted by Gasteiger charge is 2.26. The summed E-state index contributed by atoms with van der Waals surface area (Å²) in [7, 11) is 0. The number of rotatable bonds is 3. The molecule has 1 aliphatic heterocycles. The van der Waals surface area contributed by atoms with Gasteiger partial charge in [0.1, 0.15) is 6.04 Å². The molecule has 13 heavy (non-hydrogen) atoms. The molecule has 1 heterocycles. The molecule has 0 bridgehead atoms. The van der Waals surface area contributed by atoms with Crippen LogP contribution in [0.1, 0.15) is 19.3 Å². The lowest BCUT2D eigenvalue weighted by Gasteiger charge is -2.22. The molecule has 0 radical (unpaired) electrons. The summed E-state index contributed by atoms with van der Waals surface area (Å²) in [6.07, 6.45) is 1.89. The summed E-state index contributed by atoms with van der Waals surface area (Å²) in [5, 5.41) is 11.2. The Labute approximate surface area is 76.3 Å². The molecule has 1 amide bonds. The van der Waals surface area contributed by atoms with Crippen LogP contribution in [0.5, 0.6) is 0 Å². The zero-order valence-corrected chi connectivity index (χ0v) is 7.32. The number of carbonyl (C=O) groups is 2. The fourth-order valence-corrected chi connectivity index (χ4v) is 1.47. The van der Waals surface area contributed by atoms with Gasteiger partial charge in [0.2, 0.25) is 5.91 Å². The highest BCUT2D eigenvalue weighted by atomic mass is 16.4. The van der Waals surface area contributed by atoms with Crippen molar-refractivity contribution in [1.82, 2.24) is 5.32 Å². The summed E-state index contributed by atoms with van der Waals surface area (Å²) in [5.74, 6) is -1.33. The van der Waals surface area contributed by atoms with Gasteiger partial charge < -0.3 is 16.2 Å². The molecule has 0 aromatic rings. The molecule has 4 N–H and O–H groups in total. The van der Waals surface area contributed by atoms with Crippen molar-refractivity contribution in [3.8, 4) is 0 Å². The molecule has 5 heteroatoms. The molecule has 1 saturated heterocycles. The van der Waals surface area contributed by atoms with Gasteiger partial charge in [0.25, 0.3) is 0 Å². The molecular formula is C8H14N2O3. The molecule has 0 aliphatic carbocycles. The van der Waals surface area contributed by atoms with Crippen molar-refractivity contribution in [3.63, 3.8) is 0 Å². The summed E-state index contributed by atoms with van der Waals surface area (Å²) in [6.45, 7) is 0.692. The first-order chi connectivity index (χ1) is 6.11. The van der Waals surface area contributed by atoms with Crippen LogP contribution >= 0.6 is 0 Å². The molecule has 0 aromatic heterocycles. The van der Waals surface area contributed by atoms with Crippen LogP contribution in [0.2, 0.25) is 0 Å². The standard InChI is InChI=1S/C8H14N2O3/c9-6(8(12)13)4-5-2-1-3-10-7(5)11/h5-6H,1-4,9H2,(H,10,11)(H,12,13)/t5-,6?/m0/s1. The maximum atomic E-state index is 11.2. The van der Waals surface area contributed by atoms with E-state index in [1.165, 1.54) is 0 Å². The van der Waals surface area contributed by atoms with E-state index in [0.717, 1.165) is 12.8 Å². The van der Waals surface area contributed by atoms with Crippen molar-refractivity contribution in [2.75, 3.05) is 6.54 Å². The van der Waals surface area contributed by atoms with E-state index < -0.39 is 12.0 Å². The number of hydrogen-bond acceptors (Lipinski definition) is 3. The number of amides is 1. The Morgan fingerprint density at radius 1 is 1.77 bits per heavy atom. The average molecular weight is 186 g/mol. The van der Waals surface area contributed by atoms with Crippen molar-refractivity contribution < 1.29 is 14.7 Å². The number of nitrogens with two attached hydrogens (primary N) is 1. The number of carboxylic acid groups (broad SMARTS) is 1. The number of aliphatic carboxylic acids is 1. The molecule has 0 saturated carbocycles. The van der Waals surface area contributed by atoms with Crippen LogP contribution < -0.4 is 11.1 Å². The van der Waals surface area contributed by atoms with Crippen LogP contribution in [0.3, 0.4) is 0 Å². The van der Waals surface area contributed by atoms with Gasteiger partial charge in [-0.1, -0.05) is 0 Å². The smallest absolute Gasteiger partial charge is 0.320 e. The predicted molar refractivity (Wildman–Crippen MR) is 46.0 cm³/mol. The number of carboxylic acids is 1. The lowest BCUT2D eigenvalue weighted by Crippen LogP contribution is -2.41. The van der Waals surface area contributed by atoms with Crippen LogP contribution in [0.15, 0.2) is 0 Å². The molecule has 0 aromatic carbocycles. The monoisotopic (exact) mass is 186 g/mol. The van der Waals surface area contributed by atoms with Crippen molar-refractivity contribution >= 4 is 11.9 Å². The fourth-order valence-electron chi connectivity index (χ4n) is 1.47. The van der Waals surface area contributed by atoms with Gasteiger partial charge in [0.15, 0.2) is 0 Å². The number of hydrogen-bond donors (Lipinski definition) is 3. The zero-order valence-electron chi connectivity index (χ0n) is 7.32. The minimum absolute atomic E-state index is 0.0667. The Hall–Kier alpha value is -1.10. The van der Waals surface area contributed by atoms with E-state index in [0.29, 0.717) is 6.54 Å². The molecular weight excluding hydrogens is 172 g/mol. The number of piperidine rings is 1. The van der Waals surface area contributed by atoms with Gasteiger partial charge in [-0.25, -0.2) is 0 Å². The molecule has 74 valence electrons. The van der Waals surface area contributed by atoms with Gasteiger partial charge in [0, 0.05) is 12.5 Å². The maximum absolute atomic E-state index is 11.2. The zero-order chi connectivity index (χ0) is 9.84. The third-order valence-corrected chi connectivity index (χ3v) is 2.26. The number of carbonyl (C=O) groups excluding carboxylic acids is 1. The minimum Gasteiger partial charge on any atom is -0.480 e. The van der Waals surface area contributed by atoms with Crippen LogP contribution in [-0.4, -0.2) is 29.6 Å². The largest absolute Gasteiger partial charge is 0.480 e. The molecule has 5 nitrogen and oxygen atoms in total. The second-order valence-electron chi connectivity index (χ2n) is 3.31. The van der Waals surface area contributed by atoms with Crippen molar-refractivity contribution in [1.29, 1.82) is 0 Å². The van der Waals surface area contributed by atoms with E-state index in [2.05, 4.69) is 5.32 Å². The molecule has 0 spiro atoms. The quantitative estimate of drug-likeness (QED) is 0.544. The van der Waals surface area contributed by atoms with E-state index >= 15 is 0 Å². The summed E-state index contributed by atoms with van der Waals surface area (Å²) < 4.78 is 0. The van der Waals surface area contributed by atoms with Gasteiger partial charge in [-0.3, -0.25) is 9.59 Å². The van der Waals surface area contributed by atoms with E-state index in [1.54, 1.807) is 0 Å². The summed E-state index contributed by atoms with van der Waals surface area (Å²) >= 11 is 0. The average Bonchev–Trinajstić information content (AvgIpc) is 2.08. The van der Waals surface area contributed by atoms with E-state index in [1.807, 2.05) is 0 Å². The summed E-state index contributed by atoms with van der Waals surface area (Å²) in [4.78, 5) is 21.6. The second kappa shape index (κ2) is 4.23. The lowest BCUT2D eigenvalue weighted by molar-refractivity contribution is -0.139. The molecule has 1 rings (SSSR count). The first kappa shape index (κ1) is 9.98. The Balaban J connectivity index is 2.42. The number of nitrogens with one attached hydrogen (secondary N) is 1. The summed E-state index contributed by atoms with van der Waals surface area (Å²) in [6, 6.07) is -0.922. The van der Waals surface area contributed by atoms with Crippen LogP contribution in [0.4, 0.5) is 0 Å². The third-order valence-electron chi connectivity index (χ3n) is 2.26. The van der Waals surface area contributed by atoms with E-state index in [9.17, 15) is 9.59 Å². The van der Waals surface area contributed by atoms with Gasteiger partial charge in [0.05, 0.1) is 0 Å². The van der Waals surface area contributed by atoms with E-state index in [-0.39, 0.29) is 18.2 Å². The third kappa shape index (κ3) is 2.69. The summed E-state index contributed by atoms with van der Waals surface area (Å²) in [5.41, 5.74) is 5.33.